The van der Waals surface area contributed by atoms with E-state index in [-0.39, 0.29) is 35.8 Å². The third-order valence-corrected chi connectivity index (χ3v) is 6.13. The van der Waals surface area contributed by atoms with Crippen LogP contribution < -0.4 is 11.1 Å². The van der Waals surface area contributed by atoms with Crippen molar-refractivity contribution in [3.05, 3.63) is 35.4 Å². The van der Waals surface area contributed by atoms with Gasteiger partial charge in [-0.15, -0.1) is 24.0 Å². The SMILES string of the molecule is CCNC(=NCc1cccc(CN2CCCC(C(N)=O)C2)c1)N1CCC(C)CC1.I. The van der Waals surface area contributed by atoms with Gasteiger partial charge in [-0.3, -0.25) is 9.69 Å². The number of carbonyl (C=O) groups excluding carboxylic acids is 1. The Balaban J connectivity index is 0.00000320. The summed E-state index contributed by atoms with van der Waals surface area (Å²) < 4.78 is 0. The number of halogens is 1. The maximum atomic E-state index is 11.5. The molecule has 168 valence electrons. The Hall–Kier alpha value is -1.35. The summed E-state index contributed by atoms with van der Waals surface area (Å²) in [6, 6.07) is 8.68. The fraction of sp³-hybridized carbons (Fsp3) is 0.652. The molecule has 1 atom stereocenters. The van der Waals surface area contributed by atoms with Crippen LogP contribution in [0, 0.1) is 11.8 Å². The number of rotatable bonds is 6. The number of aliphatic imine (C=N–C) groups is 1. The van der Waals surface area contributed by atoms with E-state index in [2.05, 4.69) is 53.2 Å². The number of likely N-dealkylation sites (tertiary alicyclic amines) is 2. The Morgan fingerprint density at radius 3 is 2.63 bits per heavy atom. The highest BCUT2D eigenvalue weighted by atomic mass is 127. The molecule has 0 saturated carbocycles. The van der Waals surface area contributed by atoms with Crippen molar-refractivity contribution in [1.29, 1.82) is 0 Å². The van der Waals surface area contributed by atoms with E-state index in [4.69, 9.17) is 10.7 Å². The molecule has 2 aliphatic rings. The number of piperidine rings is 2. The van der Waals surface area contributed by atoms with Crippen molar-refractivity contribution < 1.29 is 4.79 Å². The zero-order chi connectivity index (χ0) is 20.6. The second kappa shape index (κ2) is 12.5. The lowest BCUT2D eigenvalue weighted by molar-refractivity contribution is -0.123. The van der Waals surface area contributed by atoms with Crippen molar-refractivity contribution in [3.8, 4) is 0 Å². The number of guanidine groups is 1. The largest absolute Gasteiger partial charge is 0.369 e. The number of amides is 1. The molecule has 1 aromatic rings. The molecule has 2 heterocycles. The molecule has 2 aliphatic heterocycles. The molecule has 0 aliphatic carbocycles. The van der Waals surface area contributed by atoms with Crippen LogP contribution in [0.15, 0.2) is 29.3 Å². The molecule has 0 aromatic heterocycles. The van der Waals surface area contributed by atoms with Crippen molar-refractivity contribution in [2.24, 2.45) is 22.6 Å². The Kier molecular flexibility index (Phi) is 10.4. The van der Waals surface area contributed by atoms with Gasteiger partial charge < -0.3 is 16.0 Å². The Morgan fingerprint density at radius 2 is 1.93 bits per heavy atom. The fourth-order valence-electron chi connectivity index (χ4n) is 4.33. The maximum absolute atomic E-state index is 11.5. The summed E-state index contributed by atoms with van der Waals surface area (Å²) in [4.78, 5) is 21.2. The molecule has 1 unspecified atom stereocenters. The predicted octanol–water partition coefficient (Wildman–Crippen LogP) is 3.20. The smallest absolute Gasteiger partial charge is 0.221 e. The van der Waals surface area contributed by atoms with Crippen molar-refractivity contribution in [2.45, 2.75) is 52.6 Å². The monoisotopic (exact) mass is 527 g/mol. The number of nitrogens with one attached hydrogen (secondary N) is 1. The number of primary amides is 1. The maximum Gasteiger partial charge on any atom is 0.221 e. The lowest BCUT2D eigenvalue weighted by Crippen LogP contribution is -2.45. The summed E-state index contributed by atoms with van der Waals surface area (Å²) in [7, 11) is 0. The van der Waals surface area contributed by atoms with Gasteiger partial charge in [0.1, 0.15) is 0 Å². The molecule has 2 saturated heterocycles. The average Bonchev–Trinajstić information content (AvgIpc) is 2.72. The first-order valence-corrected chi connectivity index (χ1v) is 11.2. The van der Waals surface area contributed by atoms with Gasteiger partial charge in [0, 0.05) is 32.7 Å². The van der Waals surface area contributed by atoms with Gasteiger partial charge >= 0.3 is 0 Å². The van der Waals surface area contributed by atoms with E-state index >= 15 is 0 Å². The van der Waals surface area contributed by atoms with Gasteiger partial charge in [0.2, 0.25) is 5.91 Å². The highest BCUT2D eigenvalue weighted by Crippen LogP contribution is 2.19. The quantitative estimate of drug-likeness (QED) is 0.339. The first kappa shape index (κ1) is 24.9. The van der Waals surface area contributed by atoms with Gasteiger partial charge in [-0.25, -0.2) is 4.99 Å². The van der Waals surface area contributed by atoms with E-state index in [9.17, 15) is 4.79 Å². The molecule has 1 amide bonds. The molecular formula is C23H38IN5O. The Morgan fingerprint density at radius 1 is 1.20 bits per heavy atom. The Labute approximate surface area is 198 Å². The first-order chi connectivity index (χ1) is 14.0. The van der Waals surface area contributed by atoms with E-state index in [1.165, 1.54) is 24.0 Å². The lowest BCUT2D eigenvalue weighted by atomic mass is 9.97. The van der Waals surface area contributed by atoms with E-state index in [0.29, 0.717) is 6.54 Å². The van der Waals surface area contributed by atoms with Crippen LogP contribution in [0.5, 0.6) is 0 Å². The summed E-state index contributed by atoms with van der Waals surface area (Å²) in [5.41, 5.74) is 8.02. The van der Waals surface area contributed by atoms with E-state index in [0.717, 1.165) is 64.0 Å². The molecule has 3 rings (SSSR count). The van der Waals surface area contributed by atoms with Crippen LogP contribution in [0.3, 0.4) is 0 Å². The topological polar surface area (TPSA) is 74.0 Å². The standard InChI is InChI=1S/C23H37N5O.HI/c1-3-25-23(28-12-9-18(2)10-13-28)26-15-19-6-4-7-20(14-19)16-27-11-5-8-21(17-27)22(24)29;/h4,6-7,14,18,21H,3,5,8-13,15-17H2,1-2H3,(H2,24,29)(H,25,26);1H. The summed E-state index contributed by atoms with van der Waals surface area (Å²) in [6.45, 7) is 10.9. The minimum Gasteiger partial charge on any atom is -0.369 e. The Bertz CT molecular complexity index is 703. The van der Waals surface area contributed by atoms with Crippen molar-refractivity contribution in [2.75, 3.05) is 32.7 Å². The van der Waals surface area contributed by atoms with E-state index < -0.39 is 0 Å². The average molecular weight is 527 g/mol. The van der Waals surface area contributed by atoms with Crippen LogP contribution in [0.1, 0.15) is 50.7 Å². The van der Waals surface area contributed by atoms with Crippen LogP contribution in [0.2, 0.25) is 0 Å². The minimum atomic E-state index is -0.166. The summed E-state index contributed by atoms with van der Waals surface area (Å²) in [5, 5.41) is 3.46. The molecule has 3 N–H and O–H groups in total. The van der Waals surface area contributed by atoms with Crippen LogP contribution in [0.4, 0.5) is 0 Å². The molecule has 0 spiro atoms. The normalized spacial score (nSPS) is 21.2. The van der Waals surface area contributed by atoms with Crippen LogP contribution in [-0.2, 0) is 17.9 Å². The molecule has 2 fully saturated rings. The molecular weight excluding hydrogens is 489 g/mol. The third kappa shape index (κ3) is 7.41. The second-order valence-electron chi connectivity index (χ2n) is 8.64. The number of benzene rings is 1. The number of hydrogen-bond donors (Lipinski definition) is 2. The minimum absolute atomic E-state index is 0. The number of carbonyl (C=O) groups is 1. The number of nitrogens with zero attached hydrogens (tertiary/aromatic N) is 3. The van der Waals surface area contributed by atoms with Crippen molar-refractivity contribution in [3.63, 3.8) is 0 Å². The van der Waals surface area contributed by atoms with Crippen LogP contribution in [-0.4, -0.2) is 54.4 Å². The van der Waals surface area contributed by atoms with Gasteiger partial charge in [0.25, 0.3) is 0 Å². The first-order valence-electron chi connectivity index (χ1n) is 11.2. The van der Waals surface area contributed by atoms with Gasteiger partial charge in [-0.05, 0) is 56.2 Å². The van der Waals surface area contributed by atoms with Gasteiger partial charge in [0.05, 0.1) is 12.5 Å². The van der Waals surface area contributed by atoms with Crippen LogP contribution >= 0.6 is 24.0 Å². The molecule has 30 heavy (non-hydrogen) atoms. The molecule has 0 radical (unpaired) electrons. The summed E-state index contributed by atoms with van der Waals surface area (Å²) in [6.07, 6.45) is 4.44. The van der Waals surface area contributed by atoms with Crippen LogP contribution in [0.25, 0.3) is 0 Å². The lowest BCUT2D eigenvalue weighted by Gasteiger charge is -2.33. The predicted molar refractivity (Wildman–Crippen MR) is 134 cm³/mol. The van der Waals surface area contributed by atoms with E-state index in [1.54, 1.807) is 0 Å². The third-order valence-electron chi connectivity index (χ3n) is 6.13. The van der Waals surface area contributed by atoms with Gasteiger partial charge in [-0.2, -0.15) is 0 Å². The van der Waals surface area contributed by atoms with Crippen molar-refractivity contribution in [1.82, 2.24) is 15.1 Å². The summed E-state index contributed by atoms with van der Waals surface area (Å²) >= 11 is 0. The second-order valence-corrected chi connectivity index (χ2v) is 8.64. The highest BCUT2D eigenvalue weighted by Gasteiger charge is 2.24. The zero-order valence-corrected chi connectivity index (χ0v) is 20.8. The van der Waals surface area contributed by atoms with Gasteiger partial charge in [-0.1, -0.05) is 31.2 Å². The zero-order valence-electron chi connectivity index (χ0n) is 18.5. The number of hydrogen-bond acceptors (Lipinski definition) is 3. The van der Waals surface area contributed by atoms with E-state index in [1.807, 2.05) is 0 Å². The highest BCUT2D eigenvalue weighted by molar-refractivity contribution is 14.0. The molecule has 6 nitrogen and oxygen atoms in total. The fourth-order valence-corrected chi connectivity index (χ4v) is 4.33. The summed E-state index contributed by atoms with van der Waals surface area (Å²) in [5.74, 6) is 1.67. The molecule has 7 heteroatoms. The molecule has 1 aromatic carbocycles. The molecule has 0 bridgehead atoms. The van der Waals surface area contributed by atoms with Crippen molar-refractivity contribution >= 4 is 35.8 Å². The van der Waals surface area contributed by atoms with Gasteiger partial charge in [0.15, 0.2) is 5.96 Å². The number of nitrogens with two attached hydrogens (primary N) is 1.